The summed E-state index contributed by atoms with van der Waals surface area (Å²) in [7, 11) is 0. The average molecular weight is 253 g/mol. The molecular formula is C11H15N3O2S. The number of aromatic nitrogens is 1. The van der Waals surface area contributed by atoms with E-state index >= 15 is 0 Å². The number of pyridine rings is 1. The number of H-pyrrole nitrogens is 1. The van der Waals surface area contributed by atoms with Crippen molar-refractivity contribution in [2.75, 3.05) is 0 Å². The van der Waals surface area contributed by atoms with Gasteiger partial charge >= 0.3 is 0 Å². The number of nitrogens with two attached hydrogens (primary N) is 1. The maximum absolute atomic E-state index is 11.8. The summed E-state index contributed by atoms with van der Waals surface area (Å²) in [6.45, 7) is 3.78. The Labute approximate surface area is 104 Å². The second kappa shape index (κ2) is 5.58. The first-order valence-corrected chi connectivity index (χ1v) is 5.61. The van der Waals surface area contributed by atoms with Gasteiger partial charge < -0.3 is 16.0 Å². The molecule has 1 aromatic rings. The number of hydrogen-bond donors (Lipinski definition) is 3. The van der Waals surface area contributed by atoms with Gasteiger partial charge in [0.25, 0.3) is 5.91 Å². The average Bonchev–Trinajstić information content (AvgIpc) is 2.25. The third kappa shape index (κ3) is 3.39. The Balaban J connectivity index is 2.89. The van der Waals surface area contributed by atoms with Crippen molar-refractivity contribution in [2.45, 2.75) is 19.9 Å². The van der Waals surface area contributed by atoms with Crippen LogP contribution in [-0.4, -0.2) is 21.9 Å². The molecule has 4 N–H and O–H groups in total. The monoisotopic (exact) mass is 253 g/mol. The van der Waals surface area contributed by atoms with Crippen LogP contribution in [-0.2, 0) is 0 Å². The molecule has 0 aliphatic carbocycles. The summed E-state index contributed by atoms with van der Waals surface area (Å²) >= 11 is 4.87. The van der Waals surface area contributed by atoms with Gasteiger partial charge in [-0.15, -0.1) is 0 Å². The standard InChI is InChI=1S/C11H15N3O2S/c1-6(2)9(10(12)17)14-11(16)7-5-13-4-3-8(7)15/h3-6,9H,1-2H3,(H2,12,17)(H,13,15)(H,14,16). The molecule has 0 aromatic carbocycles. The second-order valence-corrected chi connectivity index (χ2v) is 4.49. The highest BCUT2D eigenvalue weighted by Gasteiger charge is 2.20. The Hall–Kier alpha value is -1.69. The van der Waals surface area contributed by atoms with Gasteiger partial charge in [-0.3, -0.25) is 9.59 Å². The van der Waals surface area contributed by atoms with Gasteiger partial charge in [0.2, 0.25) is 0 Å². The summed E-state index contributed by atoms with van der Waals surface area (Å²) in [5.74, 6) is -0.405. The molecule has 1 atom stereocenters. The predicted molar refractivity (Wildman–Crippen MR) is 69.9 cm³/mol. The molecule has 0 bridgehead atoms. The van der Waals surface area contributed by atoms with E-state index in [1.165, 1.54) is 18.5 Å². The van der Waals surface area contributed by atoms with Crippen molar-refractivity contribution in [3.8, 4) is 0 Å². The maximum Gasteiger partial charge on any atom is 0.257 e. The van der Waals surface area contributed by atoms with Crippen molar-refractivity contribution in [1.29, 1.82) is 0 Å². The summed E-state index contributed by atoms with van der Waals surface area (Å²) in [5.41, 5.74) is 5.24. The molecule has 1 heterocycles. The van der Waals surface area contributed by atoms with Gasteiger partial charge in [0.05, 0.1) is 11.0 Å². The first-order valence-electron chi connectivity index (χ1n) is 5.20. The van der Waals surface area contributed by atoms with Crippen molar-refractivity contribution in [1.82, 2.24) is 10.3 Å². The van der Waals surface area contributed by atoms with E-state index in [-0.39, 0.29) is 21.9 Å². The van der Waals surface area contributed by atoms with Gasteiger partial charge in [0, 0.05) is 18.5 Å². The summed E-state index contributed by atoms with van der Waals surface area (Å²) < 4.78 is 0. The molecule has 0 saturated heterocycles. The van der Waals surface area contributed by atoms with Crippen molar-refractivity contribution in [2.24, 2.45) is 11.7 Å². The van der Waals surface area contributed by atoms with Gasteiger partial charge in [-0.05, 0) is 5.92 Å². The zero-order valence-corrected chi connectivity index (χ0v) is 10.5. The number of nitrogens with one attached hydrogen (secondary N) is 2. The summed E-state index contributed by atoms with van der Waals surface area (Å²) in [6, 6.07) is 0.872. The van der Waals surface area contributed by atoms with Crippen molar-refractivity contribution in [3.05, 3.63) is 34.2 Å². The number of hydrogen-bond acceptors (Lipinski definition) is 3. The first kappa shape index (κ1) is 13.4. The summed E-state index contributed by atoms with van der Waals surface area (Å²) in [6.07, 6.45) is 2.82. The van der Waals surface area contributed by atoms with Crippen LogP contribution >= 0.6 is 12.2 Å². The molecule has 6 heteroatoms. The van der Waals surface area contributed by atoms with E-state index in [0.717, 1.165) is 0 Å². The Morgan fingerprint density at radius 2 is 2.18 bits per heavy atom. The highest BCUT2D eigenvalue weighted by atomic mass is 32.1. The lowest BCUT2D eigenvalue weighted by Crippen LogP contribution is -2.47. The molecule has 1 aromatic heterocycles. The van der Waals surface area contributed by atoms with Crippen LogP contribution in [0.2, 0.25) is 0 Å². The maximum atomic E-state index is 11.8. The van der Waals surface area contributed by atoms with Crippen molar-refractivity contribution < 1.29 is 4.79 Å². The van der Waals surface area contributed by atoms with Crippen molar-refractivity contribution >= 4 is 23.1 Å². The van der Waals surface area contributed by atoms with Gasteiger partial charge in [-0.1, -0.05) is 26.1 Å². The lowest BCUT2D eigenvalue weighted by atomic mass is 10.0. The fraction of sp³-hybridized carbons (Fsp3) is 0.364. The minimum atomic E-state index is -0.474. The van der Waals surface area contributed by atoms with E-state index < -0.39 is 11.9 Å². The van der Waals surface area contributed by atoms with Crippen LogP contribution in [0.5, 0.6) is 0 Å². The molecule has 0 fully saturated rings. The molecule has 1 unspecified atom stereocenters. The van der Waals surface area contributed by atoms with E-state index in [9.17, 15) is 9.59 Å². The fourth-order valence-electron chi connectivity index (χ4n) is 1.38. The van der Waals surface area contributed by atoms with Crippen molar-refractivity contribution in [3.63, 3.8) is 0 Å². The normalized spacial score (nSPS) is 12.2. The van der Waals surface area contributed by atoms with Crippen LogP contribution < -0.4 is 16.5 Å². The lowest BCUT2D eigenvalue weighted by molar-refractivity contribution is 0.0938. The predicted octanol–water partition coefficient (Wildman–Crippen LogP) is 0.415. The number of carbonyl (C=O) groups is 1. The largest absolute Gasteiger partial charge is 0.392 e. The zero-order valence-electron chi connectivity index (χ0n) is 9.69. The quantitative estimate of drug-likeness (QED) is 0.678. The Kier molecular flexibility index (Phi) is 4.39. The van der Waals surface area contributed by atoms with Crippen LogP contribution in [0.3, 0.4) is 0 Å². The molecular weight excluding hydrogens is 238 g/mol. The minimum absolute atomic E-state index is 0.0504. The molecule has 92 valence electrons. The third-order valence-corrected chi connectivity index (χ3v) is 2.58. The van der Waals surface area contributed by atoms with Gasteiger partial charge in [0.1, 0.15) is 5.56 Å². The SMILES string of the molecule is CC(C)C(NC(=O)c1c[nH]ccc1=O)C(N)=S. The lowest BCUT2D eigenvalue weighted by Gasteiger charge is -2.20. The Morgan fingerprint density at radius 3 is 2.65 bits per heavy atom. The fourth-order valence-corrected chi connectivity index (χ4v) is 1.71. The molecule has 1 amide bonds. The molecule has 5 nitrogen and oxygen atoms in total. The van der Waals surface area contributed by atoms with E-state index in [4.69, 9.17) is 18.0 Å². The Bertz CT molecular complexity index is 482. The minimum Gasteiger partial charge on any atom is -0.392 e. The second-order valence-electron chi connectivity index (χ2n) is 4.02. The van der Waals surface area contributed by atoms with E-state index in [0.29, 0.717) is 0 Å². The molecule has 0 spiro atoms. The number of carbonyl (C=O) groups excluding carboxylic acids is 1. The number of aromatic amines is 1. The van der Waals surface area contributed by atoms with E-state index in [1.54, 1.807) is 0 Å². The third-order valence-electron chi connectivity index (χ3n) is 2.33. The molecule has 0 aliphatic heterocycles. The highest BCUT2D eigenvalue weighted by molar-refractivity contribution is 7.80. The topological polar surface area (TPSA) is 88.0 Å². The summed E-state index contributed by atoms with van der Waals surface area (Å²) in [5, 5.41) is 2.65. The number of rotatable bonds is 4. The van der Waals surface area contributed by atoms with Crippen LogP contribution in [0.4, 0.5) is 0 Å². The molecule has 0 aliphatic rings. The molecule has 0 radical (unpaired) electrons. The molecule has 1 rings (SSSR count). The van der Waals surface area contributed by atoms with Crippen LogP contribution in [0.1, 0.15) is 24.2 Å². The van der Waals surface area contributed by atoms with Crippen LogP contribution in [0, 0.1) is 5.92 Å². The van der Waals surface area contributed by atoms with E-state index in [1.807, 2.05) is 13.8 Å². The van der Waals surface area contributed by atoms with Gasteiger partial charge in [-0.25, -0.2) is 0 Å². The smallest absolute Gasteiger partial charge is 0.257 e. The number of amides is 1. The van der Waals surface area contributed by atoms with Crippen LogP contribution in [0.25, 0.3) is 0 Å². The Morgan fingerprint density at radius 1 is 1.53 bits per heavy atom. The van der Waals surface area contributed by atoms with Crippen LogP contribution in [0.15, 0.2) is 23.3 Å². The van der Waals surface area contributed by atoms with E-state index in [2.05, 4.69) is 10.3 Å². The van der Waals surface area contributed by atoms with Gasteiger partial charge in [0.15, 0.2) is 5.43 Å². The number of thiocarbonyl (C=S) groups is 1. The first-order chi connectivity index (χ1) is 7.93. The highest BCUT2D eigenvalue weighted by Crippen LogP contribution is 2.03. The van der Waals surface area contributed by atoms with Gasteiger partial charge in [-0.2, -0.15) is 0 Å². The molecule has 17 heavy (non-hydrogen) atoms. The zero-order chi connectivity index (χ0) is 13.0. The molecule has 0 saturated carbocycles. The summed E-state index contributed by atoms with van der Waals surface area (Å²) in [4.78, 5) is 26.2.